The molecule has 0 unspecified atom stereocenters. The molecule has 12 heavy (non-hydrogen) atoms. The van der Waals surface area contributed by atoms with Crippen molar-refractivity contribution in [3.8, 4) is 0 Å². The Morgan fingerprint density at radius 1 is 1.42 bits per heavy atom. The van der Waals surface area contributed by atoms with Gasteiger partial charge in [0.05, 0.1) is 0 Å². The fourth-order valence-electron chi connectivity index (χ4n) is 1.76. The number of likely N-dealkylation sites (tertiary alicyclic amines) is 1. The summed E-state index contributed by atoms with van der Waals surface area (Å²) in [7, 11) is 3.99. The average Bonchev–Trinajstić information content (AvgIpc) is 1.80. The Bertz CT molecular complexity index is 151. The van der Waals surface area contributed by atoms with Crippen LogP contribution in [-0.4, -0.2) is 60.3 Å². The lowest BCUT2D eigenvalue weighted by Crippen LogP contribution is -2.67. The number of nitrogens with zero attached hydrogens (tertiary/aromatic N) is 2. The first kappa shape index (κ1) is 9.96. The van der Waals surface area contributed by atoms with Crippen molar-refractivity contribution in [2.45, 2.75) is 25.5 Å². The van der Waals surface area contributed by atoms with Crippen molar-refractivity contribution in [3.05, 3.63) is 0 Å². The summed E-state index contributed by atoms with van der Waals surface area (Å²) < 4.78 is 0. The van der Waals surface area contributed by atoms with Crippen LogP contribution in [-0.2, 0) is 0 Å². The molecule has 0 aromatic carbocycles. The maximum Gasteiger partial charge on any atom is 0.103 e. The Morgan fingerprint density at radius 2 is 1.92 bits per heavy atom. The summed E-state index contributed by atoms with van der Waals surface area (Å²) in [6, 6.07) is 0.562. The van der Waals surface area contributed by atoms with Gasteiger partial charge in [-0.3, -0.25) is 4.90 Å². The summed E-state index contributed by atoms with van der Waals surface area (Å²) in [5.74, 6) is 0. The van der Waals surface area contributed by atoms with Crippen LogP contribution in [0.25, 0.3) is 0 Å². The molecule has 0 aliphatic carbocycles. The summed E-state index contributed by atoms with van der Waals surface area (Å²) in [5, 5.41) is 9.92. The van der Waals surface area contributed by atoms with E-state index >= 15 is 0 Å². The highest BCUT2D eigenvalue weighted by Gasteiger charge is 2.42. The van der Waals surface area contributed by atoms with Gasteiger partial charge in [0.15, 0.2) is 0 Å². The fourth-order valence-corrected chi connectivity index (χ4v) is 1.76. The van der Waals surface area contributed by atoms with Crippen LogP contribution in [0.5, 0.6) is 0 Å². The first-order valence-electron chi connectivity index (χ1n) is 4.54. The molecule has 0 atom stereocenters. The minimum atomic E-state index is -0.451. The second-order valence-corrected chi connectivity index (χ2v) is 4.46. The van der Waals surface area contributed by atoms with Gasteiger partial charge in [0.1, 0.15) is 5.60 Å². The Morgan fingerprint density at radius 3 is 2.25 bits per heavy atom. The number of rotatable bonds is 3. The second-order valence-electron chi connectivity index (χ2n) is 4.46. The van der Waals surface area contributed by atoms with E-state index in [0.717, 1.165) is 19.6 Å². The maximum atomic E-state index is 9.92. The largest absolute Gasteiger partial charge is 0.386 e. The van der Waals surface area contributed by atoms with E-state index in [1.54, 1.807) is 0 Å². The van der Waals surface area contributed by atoms with E-state index in [0.29, 0.717) is 6.04 Å². The second kappa shape index (κ2) is 3.32. The summed E-state index contributed by atoms with van der Waals surface area (Å²) >= 11 is 0. The third-order valence-corrected chi connectivity index (χ3v) is 2.34. The summed E-state index contributed by atoms with van der Waals surface area (Å²) in [5.41, 5.74) is -0.451. The van der Waals surface area contributed by atoms with Crippen LogP contribution in [0.4, 0.5) is 0 Å². The zero-order chi connectivity index (χ0) is 9.35. The number of likely N-dealkylation sites (N-methyl/N-ethyl adjacent to an activating group) is 1. The van der Waals surface area contributed by atoms with Gasteiger partial charge >= 0.3 is 0 Å². The van der Waals surface area contributed by atoms with Crippen molar-refractivity contribution in [2.75, 3.05) is 33.7 Å². The molecule has 1 aliphatic rings. The zero-order valence-corrected chi connectivity index (χ0v) is 8.54. The van der Waals surface area contributed by atoms with E-state index in [9.17, 15) is 5.11 Å². The van der Waals surface area contributed by atoms with Gasteiger partial charge < -0.3 is 10.0 Å². The quantitative estimate of drug-likeness (QED) is 0.649. The molecule has 3 nitrogen and oxygen atoms in total. The van der Waals surface area contributed by atoms with Crippen molar-refractivity contribution in [2.24, 2.45) is 0 Å². The smallest absolute Gasteiger partial charge is 0.103 e. The Kier molecular flexibility index (Phi) is 2.76. The summed E-state index contributed by atoms with van der Waals surface area (Å²) in [4.78, 5) is 4.32. The number of hydrogen-bond donors (Lipinski definition) is 1. The van der Waals surface area contributed by atoms with Crippen molar-refractivity contribution in [3.63, 3.8) is 0 Å². The van der Waals surface area contributed by atoms with Crippen LogP contribution < -0.4 is 0 Å². The lowest BCUT2D eigenvalue weighted by Gasteiger charge is -2.49. The molecule has 1 heterocycles. The molecular formula is C9H20N2O. The van der Waals surface area contributed by atoms with Gasteiger partial charge in [-0.05, 0) is 27.9 Å². The highest BCUT2D eigenvalue weighted by atomic mass is 16.3. The van der Waals surface area contributed by atoms with Gasteiger partial charge in [0.2, 0.25) is 0 Å². The third kappa shape index (κ3) is 2.19. The molecule has 1 rings (SSSR count). The molecule has 0 saturated carbocycles. The van der Waals surface area contributed by atoms with Crippen LogP contribution in [0, 0.1) is 0 Å². The lowest BCUT2D eigenvalue weighted by molar-refractivity contribution is -0.119. The summed E-state index contributed by atoms with van der Waals surface area (Å²) in [6.07, 6.45) is 0. The van der Waals surface area contributed by atoms with Gasteiger partial charge in [-0.25, -0.2) is 0 Å². The van der Waals surface area contributed by atoms with Gasteiger partial charge in [-0.15, -0.1) is 0 Å². The lowest BCUT2D eigenvalue weighted by atomic mass is 9.92. The van der Waals surface area contributed by atoms with Gasteiger partial charge in [-0.2, -0.15) is 0 Å². The number of hydrogen-bond acceptors (Lipinski definition) is 3. The number of β-amino-alcohol motifs (C(OH)–C–C–N with tert-alkyl or cyclic N) is 1. The van der Waals surface area contributed by atoms with E-state index < -0.39 is 5.60 Å². The molecule has 0 spiro atoms. The normalized spacial score (nSPS) is 23.2. The predicted molar refractivity (Wildman–Crippen MR) is 50.2 cm³/mol. The summed E-state index contributed by atoms with van der Waals surface area (Å²) in [6.45, 7) is 6.74. The van der Waals surface area contributed by atoms with E-state index in [2.05, 4.69) is 18.7 Å². The van der Waals surface area contributed by atoms with E-state index in [1.807, 2.05) is 19.0 Å². The molecule has 0 radical (unpaired) electrons. The van der Waals surface area contributed by atoms with Gasteiger partial charge in [0, 0.05) is 25.7 Å². The van der Waals surface area contributed by atoms with Gasteiger partial charge in [0.25, 0.3) is 0 Å². The monoisotopic (exact) mass is 172 g/mol. The molecule has 0 bridgehead atoms. The molecular weight excluding hydrogens is 152 g/mol. The topological polar surface area (TPSA) is 26.7 Å². The fraction of sp³-hybridized carbons (Fsp3) is 1.00. The average molecular weight is 172 g/mol. The zero-order valence-electron chi connectivity index (χ0n) is 8.54. The molecule has 0 aromatic heterocycles. The van der Waals surface area contributed by atoms with Crippen LogP contribution in [0.2, 0.25) is 0 Å². The van der Waals surface area contributed by atoms with Crippen molar-refractivity contribution in [1.82, 2.24) is 9.80 Å². The molecule has 3 heteroatoms. The first-order chi connectivity index (χ1) is 5.43. The molecule has 1 saturated heterocycles. The molecule has 1 fully saturated rings. The molecule has 72 valence electrons. The minimum Gasteiger partial charge on any atom is -0.386 e. The minimum absolute atomic E-state index is 0.451. The Balaban J connectivity index is 2.30. The molecule has 0 aromatic rings. The van der Waals surface area contributed by atoms with E-state index in [4.69, 9.17) is 0 Å². The number of aliphatic hydroxyl groups is 1. The third-order valence-electron chi connectivity index (χ3n) is 2.34. The molecule has 1 N–H and O–H groups in total. The molecule has 0 amide bonds. The van der Waals surface area contributed by atoms with Crippen LogP contribution in [0.15, 0.2) is 0 Å². The molecule has 1 aliphatic heterocycles. The van der Waals surface area contributed by atoms with Gasteiger partial charge in [-0.1, -0.05) is 0 Å². The Hall–Kier alpha value is -0.120. The van der Waals surface area contributed by atoms with Crippen LogP contribution in [0.1, 0.15) is 13.8 Å². The van der Waals surface area contributed by atoms with Crippen LogP contribution >= 0.6 is 0 Å². The highest BCUT2D eigenvalue weighted by molar-refractivity contribution is 4.98. The standard InChI is InChI=1S/C9H20N2O/c1-8(2)11-6-9(12,7-11)5-10(3)4/h8,12H,5-7H2,1-4H3. The van der Waals surface area contributed by atoms with Crippen molar-refractivity contribution in [1.29, 1.82) is 0 Å². The highest BCUT2D eigenvalue weighted by Crippen LogP contribution is 2.23. The first-order valence-corrected chi connectivity index (χ1v) is 4.54. The van der Waals surface area contributed by atoms with E-state index in [-0.39, 0.29) is 0 Å². The predicted octanol–water partition coefficient (Wildman–Crippen LogP) is 0.00310. The van der Waals surface area contributed by atoms with Crippen molar-refractivity contribution < 1.29 is 5.11 Å². The van der Waals surface area contributed by atoms with Crippen molar-refractivity contribution >= 4 is 0 Å². The van der Waals surface area contributed by atoms with E-state index in [1.165, 1.54) is 0 Å². The maximum absolute atomic E-state index is 9.92. The SMILES string of the molecule is CC(C)N1CC(O)(CN(C)C)C1. The Labute approximate surface area is 75.0 Å². The van der Waals surface area contributed by atoms with Crippen LogP contribution in [0.3, 0.4) is 0 Å².